The number of phosphoric ester groups is 2. The Morgan fingerprint density at radius 1 is 1.12 bits per heavy atom. The molecule has 12 heteroatoms. The second-order valence-electron chi connectivity index (χ2n) is 3.07. The van der Waals surface area contributed by atoms with Gasteiger partial charge < -0.3 is 20.0 Å². The van der Waals surface area contributed by atoms with Gasteiger partial charge in [0.25, 0.3) is 0 Å². The van der Waals surface area contributed by atoms with Crippen molar-refractivity contribution in [2.24, 2.45) is 0 Å². The Bertz CT molecular complexity index is 392. The molecule has 1 saturated heterocycles. The highest BCUT2D eigenvalue weighted by Crippen LogP contribution is 2.60. The summed E-state index contributed by atoms with van der Waals surface area (Å²) in [5, 5.41) is 18.3. The van der Waals surface area contributed by atoms with Crippen molar-refractivity contribution in [3.05, 3.63) is 0 Å². The number of hydrogen-bond acceptors (Lipinski definition) is 8. The molecule has 0 spiro atoms. The number of Topliss-reactive ketones (excluding diaryl/α,β-unsaturated/α-hetero) is 1. The Morgan fingerprint density at radius 3 is 2.24 bits per heavy atom. The van der Waals surface area contributed by atoms with Crippen LogP contribution in [0.2, 0.25) is 0 Å². The lowest BCUT2D eigenvalue weighted by atomic mass is 10.1. The highest BCUT2D eigenvalue weighted by Gasteiger charge is 2.39. The molecule has 0 aliphatic carbocycles. The third-order valence-electron chi connectivity index (χ3n) is 1.68. The Hall–Kier alpha value is -0.150. The number of aliphatic hydroxyl groups excluding tert-OH is 2. The van der Waals surface area contributed by atoms with E-state index in [0.29, 0.717) is 0 Å². The van der Waals surface area contributed by atoms with Crippen molar-refractivity contribution >= 4 is 21.4 Å². The van der Waals surface area contributed by atoms with Crippen LogP contribution in [0.5, 0.6) is 0 Å². The zero-order chi connectivity index (χ0) is 13.3. The maximum Gasteiger partial charge on any atom is 0.481 e. The van der Waals surface area contributed by atoms with E-state index in [2.05, 4.69) is 13.4 Å². The number of ketones is 1. The second kappa shape index (κ2) is 5.23. The van der Waals surface area contributed by atoms with Gasteiger partial charge >= 0.3 is 15.6 Å². The smallest absolute Gasteiger partial charge is 0.388 e. The van der Waals surface area contributed by atoms with Gasteiger partial charge in [-0.3, -0.25) is 13.8 Å². The van der Waals surface area contributed by atoms with E-state index < -0.39 is 46.9 Å². The average molecular weight is 292 g/mol. The largest absolute Gasteiger partial charge is 0.481 e. The van der Waals surface area contributed by atoms with Crippen LogP contribution in [0.4, 0.5) is 0 Å². The molecule has 0 aromatic rings. The molecule has 4 N–H and O–H groups in total. The van der Waals surface area contributed by atoms with Crippen LogP contribution in [0.3, 0.4) is 0 Å². The van der Waals surface area contributed by atoms with Crippen molar-refractivity contribution in [1.29, 1.82) is 0 Å². The monoisotopic (exact) mass is 292 g/mol. The number of hydrogen-bond donors (Lipinski definition) is 4. The first-order valence-electron chi connectivity index (χ1n) is 4.18. The van der Waals surface area contributed by atoms with Crippen molar-refractivity contribution in [3.8, 4) is 0 Å². The summed E-state index contributed by atoms with van der Waals surface area (Å²) in [6.07, 6.45) is -3.75. The molecule has 0 saturated carbocycles. The summed E-state index contributed by atoms with van der Waals surface area (Å²) >= 11 is 0. The number of carbonyl (C=O) groups excluding carboxylic acids is 1. The maximum absolute atomic E-state index is 11.1. The van der Waals surface area contributed by atoms with Crippen molar-refractivity contribution in [2.75, 3.05) is 13.2 Å². The lowest BCUT2D eigenvalue weighted by Crippen LogP contribution is -2.39. The van der Waals surface area contributed by atoms with Crippen molar-refractivity contribution in [2.45, 2.75) is 12.2 Å². The minimum Gasteiger partial charge on any atom is -0.388 e. The molecule has 17 heavy (non-hydrogen) atoms. The summed E-state index contributed by atoms with van der Waals surface area (Å²) in [6, 6.07) is 0. The summed E-state index contributed by atoms with van der Waals surface area (Å²) in [4.78, 5) is 28.9. The van der Waals surface area contributed by atoms with E-state index >= 15 is 0 Å². The summed E-state index contributed by atoms with van der Waals surface area (Å²) in [5.74, 6) is -1.10. The number of rotatable bonds is 0. The van der Waals surface area contributed by atoms with Crippen LogP contribution in [0.1, 0.15) is 0 Å². The van der Waals surface area contributed by atoms with E-state index in [-0.39, 0.29) is 0 Å². The summed E-state index contributed by atoms with van der Waals surface area (Å²) in [5.41, 5.74) is 0. The Kier molecular flexibility index (Phi) is 4.59. The molecular formula is C5H10O10P2. The van der Waals surface area contributed by atoms with Crippen molar-refractivity contribution < 1.29 is 47.3 Å². The van der Waals surface area contributed by atoms with Crippen LogP contribution in [0.15, 0.2) is 0 Å². The minimum atomic E-state index is -4.96. The molecule has 0 radical (unpaired) electrons. The first-order chi connectivity index (χ1) is 7.63. The van der Waals surface area contributed by atoms with Crippen LogP contribution in [0, 0.1) is 0 Å². The standard InChI is InChI=1S/C5H10O10P2/c6-3-1-13-16(9,10)15-17(11,12)14-2-4(7)5(3)8/h3,5-6,8H,1-2H2,(H,9,10)(H,11,12)/t3-,5+/m1/s1. The topological polar surface area (TPSA) is 160 Å². The molecule has 100 valence electrons. The normalized spacial score (nSPS) is 45.5. The van der Waals surface area contributed by atoms with Gasteiger partial charge in [-0.25, -0.2) is 9.13 Å². The van der Waals surface area contributed by atoms with Crippen LogP contribution in [0.25, 0.3) is 0 Å². The molecule has 0 bridgehead atoms. The predicted octanol–water partition coefficient (Wildman–Crippen LogP) is -1.46. The first kappa shape index (κ1) is 14.9. The zero-order valence-electron chi connectivity index (χ0n) is 8.20. The molecule has 0 aromatic carbocycles. The van der Waals surface area contributed by atoms with Crippen LogP contribution < -0.4 is 0 Å². The van der Waals surface area contributed by atoms with E-state index in [1.54, 1.807) is 0 Å². The molecule has 0 aromatic heterocycles. The number of carbonyl (C=O) groups is 1. The SMILES string of the molecule is O=C1COP(=O)(O)OP(=O)(O)OC[C@@H](O)[C@@H]1O. The first-order valence-corrected chi connectivity index (χ1v) is 7.17. The van der Waals surface area contributed by atoms with Gasteiger partial charge in [-0.15, -0.1) is 0 Å². The lowest BCUT2D eigenvalue weighted by molar-refractivity contribution is -0.137. The number of phosphoric acid groups is 2. The van der Waals surface area contributed by atoms with Crippen LogP contribution >= 0.6 is 15.6 Å². The summed E-state index contributed by atoms with van der Waals surface area (Å²) in [6.45, 7) is -1.99. The van der Waals surface area contributed by atoms with Gasteiger partial charge in [-0.2, -0.15) is 4.31 Å². The molecule has 10 nitrogen and oxygen atoms in total. The molecule has 4 atom stereocenters. The van der Waals surface area contributed by atoms with Gasteiger partial charge in [0.2, 0.25) is 0 Å². The van der Waals surface area contributed by atoms with Gasteiger partial charge in [0.15, 0.2) is 5.78 Å². The van der Waals surface area contributed by atoms with Gasteiger partial charge in [0.05, 0.1) is 6.61 Å². The fourth-order valence-electron chi connectivity index (χ4n) is 0.884. The van der Waals surface area contributed by atoms with E-state index in [0.717, 1.165) is 0 Å². The van der Waals surface area contributed by atoms with Crippen molar-refractivity contribution in [3.63, 3.8) is 0 Å². The number of aliphatic hydroxyl groups is 2. The summed E-state index contributed by atoms with van der Waals surface area (Å²) in [7, 11) is -9.89. The fourth-order valence-corrected chi connectivity index (χ4v) is 2.94. The maximum atomic E-state index is 11.1. The van der Waals surface area contributed by atoms with Gasteiger partial charge in [0.1, 0.15) is 18.8 Å². The Morgan fingerprint density at radius 2 is 1.65 bits per heavy atom. The van der Waals surface area contributed by atoms with E-state index in [1.165, 1.54) is 0 Å². The minimum absolute atomic E-state index is 0.930. The molecule has 0 amide bonds. The highest BCUT2D eigenvalue weighted by molar-refractivity contribution is 7.61. The molecular weight excluding hydrogens is 282 g/mol. The van der Waals surface area contributed by atoms with E-state index in [4.69, 9.17) is 20.0 Å². The zero-order valence-corrected chi connectivity index (χ0v) is 9.99. The molecule has 1 heterocycles. The van der Waals surface area contributed by atoms with Gasteiger partial charge in [0, 0.05) is 0 Å². The van der Waals surface area contributed by atoms with E-state index in [1.807, 2.05) is 0 Å². The second-order valence-corrected chi connectivity index (χ2v) is 6.11. The van der Waals surface area contributed by atoms with Crippen LogP contribution in [-0.4, -0.2) is 51.2 Å². The molecule has 1 aliphatic rings. The van der Waals surface area contributed by atoms with Crippen molar-refractivity contribution in [1.82, 2.24) is 0 Å². The van der Waals surface area contributed by atoms with Crippen LogP contribution in [-0.2, 0) is 27.3 Å². The van der Waals surface area contributed by atoms with Gasteiger partial charge in [-0.05, 0) is 0 Å². The third-order valence-corrected chi connectivity index (χ3v) is 4.26. The Balaban J connectivity index is 2.89. The predicted molar refractivity (Wildman–Crippen MR) is 49.7 cm³/mol. The highest BCUT2D eigenvalue weighted by atomic mass is 31.3. The molecule has 1 fully saturated rings. The molecule has 2 unspecified atom stereocenters. The fraction of sp³-hybridized carbons (Fsp3) is 0.800. The summed E-state index contributed by atoms with van der Waals surface area (Å²) < 4.78 is 33.9. The quantitative estimate of drug-likeness (QED) is 0.388. The molecule has 1 rings (SSSR count). The lowest BCUT2D eigenvalue weighted by Gasteiger charge is -2.22. The van der Waals surface area contributed by atoms with Gasteiger partial charge in [-0.1, -0.05) is 0 Å². The Labute approximate surface area is 95.0 Å². The third kappa shape index (κ3) is 4.55. The van der Waals surface area contributed by atoms with E-state index in [9.17, 15) is 13.9 Å². The molecule has 1 aliphatic heterocycles. The average Bonchev–Trinajstić information content (AvgIpc) is 2.19.